The summed E-state index contributed by atoms with van der Waals surface area (Å²) in [5.74, 6) is 2.15. The molecular weight excluding hydrogens is 94.1 g/mol. The van der Waals surface area contributed by atoms with Gasteiger partial charge in [-0.15, -0.1) is 0 Å². The highest BCUT2D eigenvalue weighted by Crippen LogP contribution is 1.93. The Kier molecular flexibility index (Phi) is 5.58. The minimum absolute atomic E-state index is 0.568. The second kappa shape index (κ2) is 5.31. The Labute approximate surface area is 43.3 Å². The van der Waals surface area contributed by atoms with Crippen molar-refractivity contribution in [3.05, 3.63) is 0 Å². The standard InChI is InChI=1S/C4H10NS/c1-2-6-4-3-5/h5H,2-4H2,1H3. The van der Waals surface area contributed by atoms with Crippen molar-refractivity contribution in [3.8, 4) is 0 Å². The number of hydrogen-bond donors (Lipinski definition) is 0. The highest BCUT2D eigenvalue weighted by molar-refractivity contribution is 7.99. The molecule has 0 atom stereocenters. The van der Waals surface area contributed by atoms with Crippen molar-refractivity contribution < 1.29 is 0 Å². The van der Waals surface area contributed by atoms with Gasteiger partial charge >= 0.3 is 0 Å². The molecule has 0 aliphatic heterocycles. The van der Waals surface area contributed by atoms with Gasteiger partial charge in [-0.2, -0.15) is 11.8 Å². The summed E-state index contributed by atoms with van der Waals surface area (Å²) in [5.41, 5.74) is 6.69. The summed E-state index contributed by atoms with van der Waals surface area (Å²) < 4.78 is 0. The molecule has 0 spiro atoms. The van der Waals surface area contributed by atoms with Crippen molar-refractivity contribution in [3.63, 3.8) is 0 Å². The van der Waals surface area contributed by atoms with Gasteiger partial charge in [0.25, 0.3) is 0 Å². The molecule has 0 amide bonds. The smallest absolute Gasteiger partial charge is 0.0191 e. The first kappa shape index (κ1) is 6.31. The Hall–Kier alpha value is 0.310. The van der Waals surface area contributed by atoms with E-state index >= 15 is 0 Å². The predicted octanol–water partition coefficient (Wildman–Crippen LogP) is 1.02. The topological polar surface area (TPSA) is 23.8 Å². The van der Waals surface area contributed by atoms with E-state index in [1.54, 1.807) is 0 Å². The summed E-state index contributed by atoms with van der Waals surface area (Å²) in [6.07, 6.45) is 0. The van der Waals surface area contributed by atoms with Crippen LogP contribution in [0.15, 0.2) is 0 Å². The summed E-state index contributed by atoms with van der Waals surface area (Å²) in [7, 11) is 0. The molecule has 0 heterocycles. The van der Waals surface area contributed by atoms with Crippen LogP contribution in [-0.4, -0.2) is 18.1 Å². The molecule has 0 aromatic carbocycles. The molecule has 1 N–H and O–H groups in total. The summed E-state index contributed by atoms with van der Waals surface area (Å²) in [6, 6.07) is 0. The van der Waals surface area contributed by atoms with E-state index in [2.05, 4.69) is 6.92 Å². The molecule has 2 heteroatoms. The third-order valence-corrected chi connectivity index (χ3v) is 1.35. The Morgan fingerprint density at radius 1 is 1.67 bits per heavy atom. The van der Waals surface area contributed by atoms with Gasteiger partial charge < -0.3 is 0 Å². The van der Waals surface area contributed by atoms with Crippen LogP contribution in [0.2, 0.25) is 0 Å². The van der Waals surface area contributed by atoms with E-state index in [-0.39, 0.29) is 0 Å². The van der Waals surface area contributed by atoms with Crippen LogP contribution in [0.25, 0.3) is 0 Å². The van der Waals surface area contributed by atoms with Crippen LogP contribution in [-0.2, 0) is 0 Å². The van der Waals surface area contributed by atoms with Crippen molar-refractivity contribution in [1.82, 2.24) is 5.73 Å². The van der Waals surface area contributed by atoms with Gasteiger partial charge in [0.15, 0.2) is 0 Å². The molecule has 0 aliphatic rings. The third kappa shape index (κ3) is 4.31. The summed E-state index contributed by atoms with van der Waals surface area (Å²) >= 11 is 1.82. The number of nitrogens with one attached hydrogen (secondary N) is 1. The van der Waals surface area contributed by atoms with Gasteiger partial charge in [-0.25, -0.2) is 0 Å². The number of thioether (sulfide) groups is 1. The molecule has 1 radical (unpaired) electrons. The highest BCUT2D eigenvalue weighted by Gasteiger charge is 1.75. The minimum Gasteiger partial charge on any atom is -0.257 e. The fourth-order valence-corrected chi connectivity index (χ4v) is 0.650. The highest BCUT2D eigenvalue weighted by atomic mass is 32.2. The van der Waals surface area contributed by atoms with Gasteiger partial charge in [-0.05, 0) is 5.75 Å². The summed E-state index contributed by atoms with van der Waals surface area (Å²) in [4.78, 5) is 0. The van der Waals surface area contributed by atoms with Crippen LogP contribution >= 0.6 is 11.8 Å². The van der Waals surface area contributed by atoms with Gasteiger partial charge in [0.1, 0.15) is 0 Å². The quantitative estimate of drug-likeness (QED) is 0.490. The van der Waals surface area contributed by atoms with Crippen molar-refractivity contribution in [1.29, 1.82) is 0 Å². The fraction of sp³-hybridized carbons (Fsp3) is 1.00. The Balaban J connectivity index is 2.34. The second-order valence-electron chi connectivity index (χ2n) is 0.947. The first-order chi connectivity index (χ1) is 2.91. The maximum atomic E-state index is 6.69. The average molecular weight is 104 g/mol. The zero-order valence-corrected chi connectivity index (χ0v) is 4.85. The van der Waals surface area contributed by atoms with Gasteiger partial charge in [-0.1, -0.05) is 6.92 Å². The fourth-order valence-electron chi connectivity index (χ4n) is 0.217. The van der Waals surface area contributed by atoms with Crippen molar-refractivity contribution in [2.75, 3.05) is 18.1 Å². The second-order valence-corrected chi connectivity index (χ2v) is 2.34. The maximum absolute atomic E-state index is 6.69. The molecule has 0 aromatic heterocycles. The van der Waals surface area contributed by atoms with Crippen LogP contribution in [0.5, 0.6) is 0 Å². The Morgan fingerprint density at radius 3 is 2.50 bits per heavy atom. The lowest BCUT2D eigenvalue weighted by Gasteiger charge is -1.86. The van der Waals surface area contributed by atoms with E-state index in [1.165, 1.54) is 0 Å². The van der Waals surface area contributed by atoms with E-state index in [0.29, 0.717) is 6.54 Å². The van der Waals surface area contributed by atoms with Crippen LogP contribution in [0, 0.1) is 0 Å². The largest absolute Gasteiger partial charge is 0.257 e. The molecule has 0 bridgehead atoms. The lowest BCUT2D eigenvalue weighted by molar-refractivity contribution is 1.10. The predicted molar refractivity (Wildman–Crippen MR) is 31.0 cm³/mol. The molecule has 0 aromatic rings. The van der Waals surface area contributed by atoms with Crippen LogP contribution in [0.1, 0.15) is 6.92 Å². The van der Waals surface area contributed by atoms with Gasteiger partial charge in [0.2, 0.25) is 0 Å². The molecule has 0 unspecified atom stereocenters. The molecule has 6 heavy (non-hydrogen) atoms. The zero-order chi connectivity index (χ0) is 4.83. The minimum atomic E-state index is 0.568. The summed E-state index contributed by atoms with van der Waals surface area (Å²) in [6.45, 7) is 2.68. The van der Waals surface area contributed by atoms with Crippen LogP contribution in [0.4, 0.5) is 0 Å². The first-order valence-corrected chi connectivity index (χ1v) is 3.29. The Morgan fingerprint density at radius 2 is 2.33 bits per heavy atom. The molecular formula is C4H10NS. The van der Waals surface area contributed by atoms with Gasteiger partial charge in [0.05, 0.1) is 0 Å². The van der Waals surface area contributed by atoms with Gasteiger partial charge in [0, 0.05) is 12.3 Å². The summed E-state index contributed by atoms with van der Waals surface area (Å²) in [5, 5.41) is 0. The lowest BCUT2D eigenvalue weighted by Crippen LogP contribution is -1.87. The van der Waals surface area contributed by atoms with E-state index < -0.39 is 0 Å². The molecule has 0 aliphatic carbocycles. The van der Waals surface area contributed by atoms with Crippen LogP contribution < -0.4 is 5.73 Å². The monoisotopic (exact) mass is 104 g/mol. The van der Waals surface area contributed by atoms with Crippen molar-refractivity contribution in [2.24, 2.45) is 0 Å². The molecule has 0 fully saturated rings. The zero-order valence-electron chi connectivity index (χ0n) is 4.03. The average Bonchev–Trinajstić information content (AvgIpc) is 1.61. The van der Waals surface area contributed by atoms with Gasteiger partial charge in [-0.3, -0.25) is 5.73 Å². The number of rotatable bonds is 3. The molecule has 0 rings (SSSR count). The van der Waals surface area contributed by atoms with E-state index in [0.717, 1.165) is 11.5 Å². The molecule has 0 saturated carbocycles. The van der Waals surface area contributed by atoms with Crippen LogP contribution in [0.3, 0.4) is 0 Å². The van der Waals surface area contributed by atoms with E-state index in [4.69, 9.17) is 5.73 Å². The normalized spacial score (nSPS) is 9.00. The molecule has 0 saturated heterocycles. The molecule has 1 nitrogen and oxygen atoms in total. The number of hydrogen-bond acceptors (Lipinski definition) is 1. The lowest BCUT2D eigenvalue weighted by atomic mass is 10.8. The first-order valence-electron chi connectivity index (χ1n) is 2.14. The van der Waals surface area contributed by atoms with Crippen molar-refractivity contribution >= 4 is 11.8 Å². The Bertz CT molecular complexity index is 19.5. The van der Waals surface area contributed by atoms with E-state index in [9.17, 15) is 0 Å². The third-order valence-electron chi connectivity index (χ3n) is 0.451. The SMILES string of the molecule is CCSCC[NH]. The molecule has 37 valence electrons. The van der Waals surface area contributed by atoms with Crippen molar-refractivity contribution in [2.45, 2.75) is 6.92 Å². The maximum Gasteiger partial charge on any atom is 0.0191 e. The van der Waals surface area contributed by atoms with E-state index in [1.807, 2.05) is 11.8 Å².